The van der Waals surface area contributed by atoms with E-state index in [1.807, 2.05) is 11.6 Å². The average molecular weight is 286 g/mol. The van der Waals surface area contributed by atoms with E-state index < -0.39 is 0 Å². The number of nitrogens with zero attached hydrogens (tertiary/aromatic N) is 3. The summed E-state index contributed by atoms with van der Waals surface area (Å²) in [7, 11) is 1.93. The SMILES string of the molecule is CCc1nc(CSC)sc1-c1n[nH]c(=S)n1C. The lowest BCUT2D eigenvalue weighted by atomic mass is 10.3. The Hall–Kier alpha value is -0.660. The Morgan fingerprint density at radius 1 is 1.53 bits per heavy atom. The molecule has 1 N–H and O–H groups in total. The third kappa shape index (κ3) is 2.46. The normalized spacial score (nSPS) is 11.0. The summed E-state index contributed by atoms with van der Waals surface area (Å²) >= 11 is 8.63. The molecule has 2 aromatic rings. The van der Waals surface area contributed by atoms with Crippen molar-refractivity contribution >= 4 is 35.3 Å². The van der Waals surface area contributed by atoms with Crippen LogP contribution < -0.4 is 0 Å². The molecule has 2 heterocycles. The first-order valence-electron chi connectivity index (χ1n) is 5.26. The Labute approximate surface area is 113 Å². The van der Waals surface area contributed by atoms with Crippen LogP contribution in [-0.2, 0) is 19.2 Å². The molecule has 0 amide bonds. The van der Waals surface area contributed by atoms with Gasteiger partial charge in [-0.05, 0) is 24.9 Å². The van der Waals surface area contributed by atoms with Crippen molar-refractivity contribution in [3.8, 4) is 10.7 Å². The molecule has 0 bridgehead atoms. The van der Waals surface area contributed by atoms with E-state index >= 15 is 0 Å². The minimum absolute atomic E-state index is 0.641. The number of rotatable bonds is 4. The summed E-state index contributed by atoms with van der Waals surface area (Å²) in [5.41, 5.74) is 1.11. The van der Waals surface area contributed by atoms with Gasteiger partial charge < -0.3 is 4.57 Å². The molecular weight excluding hydrogens is 272 g/mol. The van der Waals surface area contributed by atoms with Gasteiger partial charge in [0.1, 0.15) is 5.01 Å². The van der Waals surface area contributed by atoms with Crippen LogP contribution in [0.5, 0.6) is 0 Å². The van der Waals surface area contributed by atoms with E-state index in [0.717, 1.165) is 33.6 Å². The molecule has 0 saturated heterocycles. The fourth-order valence-corrected chi connectivity index (χ4v) is 3.56. The lowest BCUT2D eigenvalue weighted by Gasteiger charge is -1.98. The maximum Gasteiger partial charge on any atom is 0.195 e. The number of nitrogens with one attached hydrogen (secondary N) is 1. The van der Waals surface area contributed by atoms with Crippen LogP contribution in [0.3, 0.4) is 0 Å². The predicted molar refractivity (Wildman–Crippen MR) is 76.1 cm³/mol. The molecule has 0 saturated carbocycles. The highest BCUT2D eigenvalue weighted by Crippen LogP contribution is 2.30. The van der Waals surface area contributed by atoms with E-state index in [4.69, 9.17) is 12.2 Å². The van der Waals surface area contributed by atoms with Crippen LogP contribution in [0.25, 0.3) is 10.7 Å². The zero-order chi connectivity index (χ0) is 12.4. The minimum Gasteiger partial charge on any atom is -0.303 e. The summed E-state index contributed by atoms with van der Waals surface area (Å²) < 4.78 is 2.53. The maximum atomic E-state index is 5.14. The van der Waals surface area contributed by atoms with Crippen LogP contribution in [0.1, 0.15) is 17.6 Å². The van der Waals surface area contributed by atoms with Crippen molar-refractivity contribution in [1.29, 1.82) is 0 Å². The molecular formula is C10H14N4S3. The third-order valence-electron chi connectivity index (χ3n) is 2.43. The predicted octanol–water partition coefficient (Wildman–Crippen LogP) is 3.03. The Bertz CT molecular complexity index is 566. The van der Waals surface area contributed by atoms with E-state index in [9.17, 15) is 0 Å². The first-order chi connectivity index (χ1) is 8.17. The van der Waals surface area contributed by atoms with E-state index in [2.05, 4.69) is 28.4 Å². The number of aromatic amines is 1. The summed E-state index contributed by atoms with van der Waals surface area (Å²) in [6, 6.07) is 0. The molecule has 17 heavy (non-hydrogen) atoms. The lowest BCUT2D eigenvalue weighted by molar-refractivity contribution is 0.900. The zero-order valence-electron chi connectivity index (χ0n) is 9.98. The standard InChI is InChI=1S/C10H14N4S3/c1-4-6-8(17-7(11-6)5-16-3)9-12-13-10(15)14(9)2/h4-5H2,1-3H3,(H,13,15). The second-order valence-corrected chi connectivity index (χ2v) is 5.92. The van der Waals surface area contributed by atoms with Gasteiger partial charge in [0.15, 0.2) is 10.6 Å². The molecule has 2 rings (SSSR count). The number of thiazole rings is 1. The van der Waals surface area contributed by atoms with Crippen molar-refractivity contribution in [2.75, 3.05) is 6.26 Å². The molecule has 92 valence electrons. The molecule has 7 heteroatoms. The molecule has 0 aliphatic carbocycles. The zero-order valence-corrected chi connectivity index (χ0v) is 12.4. The lowest BCUT2D eigenvalue weighted by Crippen LogP contribution is -1.93. The fourth-order valence-electron chi connectivity index (χ4n) is 1.55. The van der Waals surface area contributed by atoms with Gasteiger partial charge in [-0.2, -0.15) is 16.9 Å². The highest BCUT2D eigenvalue weighted by atomic mass is 32.2. The van der Waals surface area contributed by atoms with Crippen LogP contribution in [-0.4, -0.2) is 26.0 Å². The average Bonchev–Trinajstić information content (AvgIpc) is 2.85. The number of hydrogen-bond acceptors (Lipinski definition) is 5. The molecule has 0 atom stereocenters. The third-order valence-corrected chi connectivity index (χ3v) is 4.63. The maximum absolute atomic E-state index is 5.14. The van der Waals surface area contributed by atoms with Crippen molar-refractivity contribution < 1.29 is 0 Å². The molecule has 0 fully saturated rings. The first kappa shape index (κ1) is 12.8. The van der Waals surface area contributed by atoms with Crippen LogP contribution in [0.4, 0.5) is 0 Å². The topological polar surface area (TPSA) is 46.5 Å². The Kier molecular flexibility index (Phi) is 4.01. The summed E-state index contributed by atoms with van der Waals surface area (Å²) in [5.74, 6) is 1.84. The fraction of sp³-hybridized carbons (Fsp3) is 0.500. The van der Waals surface area contributed by atoms with E-state index in [1.165, 1.54) is 0 Å². The van der Waals surface area contributed by atoms with Gasteiger partial charge in [0.25, 0.3) is 0 Å². The molecule has 0 aliphatic rings. The van der Waals surface area contributed by atoms with Crippen molar-refractivity contribution in [3.05, 3.63) is 15.5 Å². The van der Waals surface area contributed by atoms with Crippen LogP contribution in [0, 0.1) is 4.77 Å². The molecule has 2 aromatic heterocycles. The van der Waals surface area contributed by atoms with Crippen molar-refractivity contribution in [3.63, 3.8) is 0 Å². The van der Waals surface area contributed by atoms with Gasteiger partial charge in [-0.25, -0.2) is 4.98 Å². The molecule has 0 radical (unpaired) electrons. The van der Waals surface area contributed by atoms with Crippen LogP contribution in [0.15, 0.2) is 0 Å². The second-order valence-electron chi connectivity index (χ2n) is 3.58. The van der Waals surface area contributed by atoms with E-state index in [-0.39, 0.29) is 0 Å². The Balaban J connectivity index is 2.50. The molecule has 0 aromatic carbocycles. The number of H-pyrrole nitrogens is 1. The quantitative estimate of drug-likeness (QED) is 0.878. The number of thioether (sulfide) groups is 1. The van der Waals surface area contributed by atoms with Gasteiger partial charge >= 0.3 is 0 Å². The summed E-state index contributed by atoms with van der Waals surface area (Å²) in [6.07, 6.45) is 3.00. The van der Waals surface area contributed by atoms with Gasteiger partial charge in [0.05, 0.1) is 10.6 Å². The first-order valence-corrected chi connectivity index (χ1v) is 7.88. The Morgan fingerprint density at radius 2 is 2.29 bits per heavy atom. The van der Waals surface area contributed by atoms with Crippen LogP contribution >= 0.6 is 35.3 Å². The molecule has 0 spiro atoms. The molecule has 0 unspecified atom stereocenters. The van der Waals surface area contributed by atoms with E-state index in [1.54, 1.807) is 23.1 Å². The number of aromatic nitrogens is 4. The van der Waals surface area contributed by atoms with Gasteiger partial charge in [-0.3, -0.25) is 5.10 Å². The van der Waals surface area contributed by atoms with Crippen LogP contribution in [0.2, 0.25) is 0 Å². The second kappa shape index (κ2) is 5.32. The monoisotopic (exact) mass is 286 g/mol. The van der Waals surface area contributed by atoms with Crippen molar-refractivity contribution in [2.45, 2.75) is 19.1 Å². The Morgan fingerprint density at radius 3 is 2.82 bits per heavy atom. The molecule has 0 aliphatic heterocycles. The largest absolute Gasteiger partial charge is 0.303 e. The van der Waals surface area contributed by atoms with Gasteiger partial charge in [0.2, 0.25) is 0 Å². The number of hydrogen-bond donors (Lipinski definition) is 1. The highest BCUT2D eigenvalue weighted by Gasteiger charge is 2.15. The van der Waals surface area contributed by atoms with Crippen molar-refractivity contribution in [1.82, 2.24) is 19.7 Å². The summed E-state index contributed by atoms with van der Waals surface area (Å²) in [6.45, 7) is 2.11. The van der Waals surface area contributed by atoms with E-state index in [0.29, 0.717) is 4.77 Å². The van der Waals surface area contributed by atoms with Gasteiger partial charge in [-0.1, -0.05) is 6.92 Å². The van der Waals surface area contributed by atoms with Gasteiger partial charge in [0, 0.05) is 12.8 Å². The minimum atomic E-state index is 0.641. The van der Waals surface area contributed by atoms with Crippen molar-refractivity contribution in [2.24, 2.45) is 7.05 Å². The highest BCUT2D eigenvalue weighted by molar-refractivity contribution is 7.97. The summed E-state index contributed by atoms with van der Waals surface area (Å²) in [4.78, 5) is 5.77. The number of aryl methyl sites for hydroxylation is 1. The smallest absolute Gasteiger partial charge is 0.195 e. The summed E-state index contributed by atoms with van der Waals surface area (Å²) in [5, 5.41) is 8.25. The van der Waals surface area contributed by atoms with Gasteiger partial charge in [-0.15, -0.1) is 11.3 Å². The molecule has 4 nitrogen and oxygen atoms in total.